The quantitative estimate of drug-likeness (QED) is 0.337. The van der Waals surface area contributed by atoms with Gasteiger partial charge in [-0.15, -0.1) is 11.3 Å². The second-order valence-corrected chi connectivity index (χ2v) is 9.93. The molecular formula is C20H29N5O2S2. The van der Waals surface area contributed by atoms with Gasteiger partial charge in [0, 0.05) is 38.9 Å². The Morgan fingerprint density at radius 1 is 1.21 bits per heavy atom. The van der Waals surface area contributed by atoms with Gasteiger partial charge in [0.2, 0.25) is 10.0 Å². The van der Waals surface area contributed by atoms with Crippen LogP contribution >= 0.6 is 11.3 Å². The van der Waals surface area contributed by atoms with Crippen LogP contribution in [0.4, 0.5) is 5.69 Å². The highest BCUT2D eigenvalue weighted by Gasteiger charge is 2.16. The molecule has 1 fully saturated rings. The van der Waals surface area contributed by atoms with Crippen LogP contribution in [0.2, 0.25) is 0 Å². The number of hydrogen-bond acceptors (Lipinski definition) is 5. The number of guanidine groups is 1. The van der Waals surface area contributed by atoms with Crippen LogP contribution in [0.3, 0.4) is 0 Å². The van der Waals surface area contributed by atoms with Crippen molar-refractivity contribution in [1.29, 1.82) is 0 Å². The number of nitrogens with one attached hydrogen (secondary N) is 3. The average molecular weight is 436 g/mol. The van der Waals surface area contributed by atoms with Gasteiger partial charge in [-0.1, -0.05) is 18.2 Å². The Kier molecular flexibility index (Phi) is 7.51. The van der Waals surface area contributed by atoms with E-state index in [2.05, 4.69) is 56.4 Å². The van der Waals surface area contributed by atoms with Crippen molar-refractivity contribution in [2.75, 3.05) is 38.1 Å². The Balaban J connectivity index is 1.49. The van der Waals surface area contributed by atoms with Gasteiger partial charge in [0.1, 0.15) is 4.21 Å². The second-order valence-electron chi connectivity index (χ2n) is 6.98. The van der Waals surface area contributed by atoms with Crippen LogP contribution in [0.5, 0.6) is 0 Å². The van der Waals surface area contributed by atoms with Gasteiger partial charge in [0.15, 0.2) is 5.96 Å². The first kappa shape index (κ1) is 21.6. The summed E-state index contributed by atoms with van der Waals surface area (Å²) in [7, 11) is -1.73. The zero-order valence-corrected chi connectivity index (χ0v) is 18.5. The summed E-state index contributed by atoms with van der Waals surface area (Å²) in [5, 5.41) is 8.28. The molecule has 0 bridgehead atoms. The summed E-state index contributed by atoms with van der Waals surface area (Å²) >= 11 is 1.20. The van der Waals surface area contributed by atoms with Crippen molar-refractivity contribution in [3.05, 3.63) is 47.3 Å². The molecule has 2 aromatic rings. The van der Waals surface area contributed by atoms with Gasteiger partial charge in [-0.2, -0.15) is 0 Å². The fraction of sp³-hybridized carbons (Fsp3) is 0.450. The molecule has 1 aromatic carbocycles. The highest BCUT2D eigenvalue weighted by molar-refractivity contribution is 7.91. The Labute approximate surface area is 177 Å². The maximum atomic E-state index is 12.1. The molecule has 3 N–H and O–H groups in total. The zero-order chi connectivity index (χ0) is 20.7. The fourth-order valence-corrected chi connectivity index (χ4v) is 5.37. The third kappa shape index (κ3) is 5.94. The largest absolute Gasteiger partial charge is 0.372 e. The van der Waals surface area contributed by atoms with E-state index in [9.17, 15) is 8.42 Å². The van der Waals surface area contributed by atoms with E-state index >= 15 is 0 Å². The molecule has 1 aliphatic heterocycles. The number of benzene rings is 1. The van der Waals surface area contributed by atoms with Crippen LogP contribution in [0.1, 0.15) is 31.4 Å². The highest BCUT2D eigenvalue weighted by Crippen LogP contribution is 2.23. The molecule has 29 heavy (non-hydrogen) atoms. The molecule has 7 nitrogen and oxygen atoms in total. The SMILES string of the molecule is CN=C(NCCNS(=O)(=O)c1cccs1)NC(C)c1cccc(N2CCCC2)c1. The van der Waals surface area contributed by atoms with Gasteiger partial charge in [-0.3, -0.25) is 4.99 Å². The molecule has 0 amide bonds. The lowest BCUT2D eigenvalue weighted by atomic mass is 10.1. The van der Waals surface area contributed by atoms with E-state index in [0.717, 1.165) is 13.1 Å². The molecule has 1 aliphatic rings. The van der Waals surface area contributed by atoms with Crippen LogP contribution in [0, 0.1) is 0 Å². The average Bonchev–Trinajstić information content (AvgIpc) is 3.44. The van der Waals surface area contributed by atoms with E-state index in [4.69, 9.17) is 0 Å². The number of anilines is 1. The molecule has 0 saturated carbocycles. The molecule has 1 saturated heterocycles. The minimum Gasteiger partial charge on any atom is -0.372 e. The van der Waals surface area contributed by atoms with Crippen molar-refractivity contribution in [2.24, 2.45) is 4.99 Å². The lowest BCUT2D eigenvalue weighted by molar-refractivity contribution is 0.582. The van der Waals surface area contributed by atoms with Crippen LogP contribution < -0.4 is 20.3 Å². The van der Waals surface area contributed by atoms with E-state index in [-0.39, 0.29) is 12.6 Å². The number of thiophene rings is 1. The minimum atomic E-state index is -3.44. The molecule has 3 rings (SSSR count). The summed E-state index contributed by atoms with van der Waals surface area (Å²) < 4.78 is 27.2. The van der Waals surface area contributed by atoms with Gasteiger partial charge in [0.25, 0.3) is 0 Å². The van der Waals surface area contributed by atoms with Gasteiger partial charge in [0.05, 0.1) is 6.04 Å². The van der Waals surface area contributed by atoms with Gasteiger partial charge >= 0.3 is 0 Å². The van der Waals surface area contributed by atoms with Crippen molar-refractivity contribution in [1.82, 2.24) is 15.4 Å². The lowest BCUT2D eigenvalue weighted by Crippen LogP contribution is -2.42. The maximum Gasteiger partial charge on any atom is 0.250 e. The smallest absolute Gasteiger partial charge is 0.250 e. The number of hydrogen-bond donors (Lipinski definition) is 3. The first-order chi connectivity index (χ1) is 14.0. The number of aliphatic imine (C=N–C) groups is 1. The van der Waals surface area contributed by atoms with Crippen LogP contribution in [0.15, 0.2) is 51.0 Å². The van der Waals surface area contributed by atoms with E-state index in [1.807, 2.05) is 0 Å². The van der Waals surface area contributed by atoms with Crippen molar-refractivity contribution in [3.63, 3.8) is 0 Å². The van der Waals surface area contributed by atoms with E-state index in [1.54, 1.807) is 24.6 Å². The molecule has 0 radical (unpaired) electrons. The summed E-state index contributed by atoms with van der Waals surface area (Å²) in [6, 6.07) is 12.0. The first-order valence-corrected chi connectivity index (χ1v) is 12.2. The lowest BCUT2D eigenvalue weighted by Gasteiger charge is -2.22. The van der Waals surface area contributed by atoms with Gasteiger partial charge < -0.3 is 15.5 Å². The standard InChI is InChI=1S/C20H29N5O2S2/c1-16(17-7-5-8-18(15-17)25-12-3-4-13-25)24-20(21-2)22-10-11-23-29(26,27)19-9-6-14-28-19/h5-9,14-16,23H,3-4,10-13H2,1-2H3,(H2,21,22,24). The fourth-order valence-electron chi connectivity index (χ4n) is 3.30. The number of nitrogens with zero attached hydrogens (tertiary/aromatic N) is 2. The summed E-state index contributed by atoms with van der Waals surface area (Å²) in [5.41, 5.74) is 2.45. The molecule has 1 unspecified atom stereocenters. The van der Waals surface area contributed by atoms with Crippen molar-refractivity contribution < 1.29 is 8.42 Å². The number of sulfonamides is 1. The van der Waals surface area contributed by atoms with Crippen LogP contribution in [0.25, 0.3) is 0 Å². The molecule has 158 valence electrons. The Morgan fingerprint density at radius 3 is 2.69 bits per heavy atom. The van der Waals surface area contributed by atoms with Gasteiger partial charge in [-0.25, -0.2) is 13.1 Å². The Bertz CT molecular complexity index is 907. The third-order valence-electron chi connectivity index (χ3n) is 4.89. The van der Waals surface area contributed by atoms with Gasteiger partial charge in [-0.05, 0) is 48.9 Å². The summed E-state index contributed by atoms with van der Waals surface area (Å²) in [4.78, 5) is 6.67. The summed E-state index contributed by atoms with van der Waals surface area (Å²) in [6.45, 7) is 5.05. The van der Waals surface area contributed by atoms with E-state index in [0.29, 0.717) is 16.7 Å². The summed E-state index contributed by atoms with van der Waals surface area (Å²) in [5.74, 6) is 0.638. The Morgan fingerprint density at radius 2 is 2.00 bits per heavy atom. The summed E-state index contributed by atoms with van der Waals surface area (Å²) in [6.07, 6.45) is 2.51. The van der Waals surface area contributed by atoms with E-state index < -0.39 is 10.0 Å². The molecule has 0 aliphatic carbocycles. The number of rotatable bonds is 8. The highest BCUT2D eigenvalue weighted by atomic mass is 32.2. The van der Waals surface area contributed by atoms with Crippen molar-refractivity contribution >= 4 is 33.0 Å². The van der Waals surface area contributed by atoms with Crippen molar-refractivity contribution in [3.8, 4) is 0 Å². The monoisotopic (exact) mass is 435 g/mol. The third-order valence-corrected chi connectivity index (χ3v) is 7.75. The minimum absolute atomic E-state index is 0.0755. The van der Waals surface area contributed by atoms with Crippen molar-refractivity contribution in [2.45, 2.75) is 30.0 Å². The van der Waals surface area contributed by atoms with Crippen LogP contribution in [-0.2, 0) is 10.0 Å². The topological polar surface area (TPSA) is 85.8 Å². The first-order valence-electron chi connectivity index (χ1n) is 9.85. The molecule has 1 aromatic heterocycles. The second kappa shape index (κ2) is 10.1. The molecule has 1 atom stereocenters. The normalized spacial score (nSPS) is 16.1. The zero-order valence-electron chi connectivity index (χ0n) is 16.9. The predicted octanol–water partition coefficient (Wildman–Crippen LogP) is 2.55. The van der Waals surface area contributed by atoms with E-state index in [1.165, 1.54) is 35.4 Å². The molecule has 0 spiro atoms. The molecule has 9 heteroatoms. The van der Waals surface area contributed by atoms with Crippen LogP contribution in [-0.4, -0.2) is 47.6 Å². The molecule has 2 heterocycles. The maximum absolute atomic E-state index is 12.1. The predicted molar refractivity (Wildman–Crippen MR) is 120 cm³/mol. The molecular weight excluding hydrogens is 406 g/mol. The Hall–Kier alpha value is -2.10.